The van der Waals surface area contributed by atoms with Gasteiger partial charge < -0.3 is 14.2 Å². The molecule has 150 valence electrons. The summed E-state index contributed by atoms with van der Waals surface area (Å²) in [6, 6.07) is 3.18. The minimum atomic E-state index is 0.558. The molecule has 0 amide bonds. The number of anilines is 1. The molecule has 0 atom stereocenters. The summed E-state index contributed by atoms with van der Waals surface area (Å²) in [5.74, 6) is 2.96. The van der Waals surface area contributed by atoms with Crippen molar-refractivity contribution >= 4 is 5.82 Å². The predicted molar refractivity (Wildman–Crippen MR) is 108 cm³/mol. The van der Waals surface area contributed by atoms with E-state index in [9.17, 15) is 0 Å². The Hall–Kier alpha value is -2.15. The van der Waals surface area contributed by atoms with Gasteiger partial charge in [-0.1, -0.05) is 0 Å². The Morgan fingerprint density at radius 1 is 1.04 bits per heavy atom. The van der Waals surface area contributed by atoms with E-state index in [-0.39, 0.29) is 0 Å². The average molecular weight is 383 g/mol. The van der Waals surface area contributed by atoms with Gasteiger partial charge in [0.05, 0.1) is 12.8 Å². The summed E-state index contributed by atoms with van der Waals surface area (Å²) in [6.45, 7) is 4.45. The molecular formula is C21H30N6O. The van der Waals surface area contributed by atoms with E-state index in [2.05, 4.69) is 35.5 Å². The number of rotatable bonds is 6. The summed E-state index contributed by atoms with van der Waals surface area (Å²) in [4.78, 5) is 18.5. The van der Waals surface area contributed by atoms with Crippen LogP contribution in [-0.4, -0.2) is 56.7 Å². The third-order valence-corrected chi connectivity index (χ3v) is 6.43. The summed E-state index contributed by atoms with van der Waals surface area (Å²) in [7, 11) is 1.67. The van der Waals surface area contributed by atoms with E-state index in [1.54, 1.807) is 13.4 Å². The predicted octanol–water partition coefficient (Wildman–Crippen LogP) is 2.65. The highest BCUT2D eigenvalue weighted by molar-refractivity contribution is 5.45. The quantitative estimate of drug-likeness (QED) is 0.766. The van der Waals surface area contributed by atoms with E-state index in [0.717, 1.165) is 38.4 Å². The second-order valence-corrected chi connectivity index (χ2v) is 8.34. The average Bonchev–Trinajstić information content (AvgIpc) is 3.50. The van der Waals surface area contributed by atoms with Crippen LogP contribution in [0.25, 0.3) is 0 Å². The van der Waals surface area contributed by atoms with E-state index in [1.807, 2.05) is 6.07 Å². The van der Waals surface area contributed by atoms with Crippen molar-refractivity contribution in [3.05, 3.63) is 30.1 Å². The number of aromatic nitrogens is 4. The maximum atomic E-state index is 5.32. The Morgan fingerprint density at radius 3 is 2.64 bits per heavy atom. The molecule has 7 heteroatoms. The monoisotopic (exact) mass is 382 g/mol. The van der Waals surface area contributed by atoms with E-state index in [4.69, 9.17) is 4.74 Å². The molecule has 0 radical (unpaired) electrons. The van der Waals surface area contributed by atoms with Gasteiger partial charge in [0, 0.05) is 56.9 Å². The molecule has 7 nitrogen and oxygen atoms in total. The molecule has 0 bridgehead atoms. The van der Waals surface area contributed by atoms with Crippen molar-refractivity contribution < 1.29 is 4.74 Å². The number of nitrogens with zero attached hydrogens (tertiary/aromatic N) is 6. The molecule has 0 aromatic carbocycles. The van der Waals surface area contributed by atoms with Gasteiger partial charge in [0.25, 0.3) is 0 Å². The van der Waals surface area contributed by atoms with Crippen molar-refractivity contribution in [2.24, 2.45) is 0 Å². The van der Waals surface area contributed by atoms with Crippen LogP contribution in [-0.2, 0) is 19.5 Å². The fraction of sp³-hybridized carbons (Fsp3) is 0.667. The van der Waals surface area contributed by atoms with Crippen molar-refractivity contribution in [1.82, 2.24) is 24.4 Å². The molecule has 1 saturated carbocycles. The second-order valence-electron chi connectivity index (χ2n) is 8.34. The zero-order valence-corrected chi connectivity index (χ0v) is 16.8. The molecule has 0 N–H and O–H groups in total. The number of aryl methyl sites for hydroxylation is 1. The number of imidazole rings is 1. The van der Waals surface area contributed by atoms with Crippen LogP contribution >= 0.6 is 0 Å². The zero-order valence-electron chi connectivity index (χ0n) is 16.8. The fourth-order valence-electron chi connectivity index (χ4n) is 4.80. The van der Waals surface area contributed by atoms with E-state index < -0.39 is 0 Å². The Kier molecular flexibility index (Phi) is 4.93. The summed E-state index contributed by atoms with van der Waals surface area (Å²) in [5, 5.41) is 0. The van der Waals surface area contributed by atoms with Crippen molar-refractivity contribution in [2.75, 3.05) is 25.1 Å². The van der Waals surface area contributed by atoms with Crippen LogP contribution in [0.1, 0.15) is 50.0 Å². The standard InChI is InChI=1S/C21H30N6O/c1-28-21-12-20(23-15-24-21)27(16-5-6-16)17-7-10-25(11-8-17)14-18-13-22-19-4-2-3-9-26(18)19/h12-13,15-17H,2-11,14H2,1H3. The smallest absolute Gasteiger partial charge is 0.218 e. The Morgan fingerprint density at radius 2 is 1.86 bits per heavy atom. The molecule has 3 aliphatic rings. The van der Waals surface area contributed by atoms with Gasteiger partial charge in [-0.05, 0) is 38.5 Å². The summed E-state index contributed by atoms with van der Waals surface area (Å²) < 4.78 is 7.78. The number of fused-ring (bicyclic) bond motifs is 1. The highest BCUT2D eigenvalue weighted by Gasteiger charge is 2.36. The molecule has 5 rings (SSSR count). The second kappa shape index (κ2) is 7.70. The van der Waals surface area contributed by atoms with Gasteiger partial charge in [0.2, 0.25) is 5.88 Å². The minimum Gasteiger partial charge on any atom is -0.481 e. The topological polar surface area (TPSA) is 59.3 Å². The van der Waals surface area contributed by atoms with Crippen molar-refractivity contribution in [3.8, 4) is 5.88 Å². The number of ether oxygens (including phenoxy) is 1. The van der Waals surface area contributed by atoms with Crippen molar-refractivity contribution in [3.63, 3.8) is 0 Å². The SMILES string of the molecule is COc1cc(N(C2CC2)C2CCN(Cc3cnc4n3CCCC4)CC2)ncn1. The number of hydrogen-bond donors (Lipinski definition) is 0. The van der Waals surface area contributed by atoms with Gasteiger partial charge in [-0.3, -0.25) is 4.90 Å². The summed E-state index contributed by atoms with van der Waals surface area (Å²) in [6.07, 6.45) is 12.4. The maximum absolute atomic E-state index is 5.32. The van der Waals surface area contributed by atoms with Crippen molar-refractivity contribution in [2.45, 2.75) is 70.1 Å². The van der Waals surface area contributed by atoms with Gasteiger partial charge in [0.1, 0.15) is 18.0 Å². The molecule has 2 aromatic heterocycles. The summed E-state index contributed by atoms with van der Waals surface area (Å²) in [5.41, 5.74) is 1.40. The first-order valence-electron chi connectivity index (χ1n) is 10.7. The lowest BCUT2D eigenvalue weighted by Gasteiger charge is -2.39. The van der Waals surface area contributed by atoms with Crippen LogP contribution in [0.4, 0.5) is 5.82 Å². The van der Waals surface area contributed by atoms with Gasteiger partial charge in [-0.2, -0.15) is 0 Å². The number of hydrogen-bond acceptors (Lipinski definition) is 6. The molecule has 0 unspecified atom stereocenters. The van der Waals surface area contributed by atoms with Gasteiger partial charge in [-0.25, -0.2) is 15.0 Å². The van der Waals surface area contributed by atoms with E-state index in [1.165, 1.54) is 50.0 Å². The Bertz CT molecular complexity index is 809. The summed E-state index contributed by atoms with van der Waals surface area (Å²) >= 11 is 0. The zero-order chi connectivity index (χ0) is 18.9. The molecule has 2 aromatic rings. The van der Waals surface area contributed by atoms with Crippen LogP contribution < -0.4 is 9.64 Å². The highest BCUT2D eigenvalue weighted by Crippen LogP contribution is 2.36. The maximum Gasteiger partial charge on any atom is 0.218 e. The molecule has 1 aliphatic carbocycles. The lowest BCUT2D eigenvalue weighted by Crippen LogP contribution is -2.46. The van der Waals surface area contributed by atoms with E-state index >= 15 is 0 Å². The molecule has 2 fully saturated rings. The molecular weight excluding hydrogens is 352 g/mol. The first kappa shape index (κ1) is 17.9. The third kappa shape index (κ3) is 3.60. The van der Waals surface area contributed by atoms with Crippen LogP contribution in [0.5, 0.6) is 5.88 Å². The number of likely N-dealkylation sites (tertiary alicyclic amines) is 1. The Balaban J connectivity index is 1.24. The van der Waals surface area contributed by atoms with Crippen LogP contribution in [0.2, 0.25) is 0 Å². The molecule has 2 aliphatic heterocycles. The van der Waals surface area contributed by atoms with E-state index in [0.29, 0.717) is 18.0 Å². The van der Waals surface area contributed by atoms with Gasteiger partial charge in [-0.15, -0.1) is 0 Å². The first-order chi connectivity index (χ1) is 13.8. The number of piperidine rings is 1. The molecule has 28 heavy (non-hydrogen) atoms. The minimum absolute atomic E-state index is 0.558. The van der Waals surface area contributed by atoms with Crippen LogP contribution in [0, 0.1) is 0 Å². The van der Waals surface area contributed by atoms with Crippen molar-refractivity contribution in [1.29, 1.82) is 0 Å². The highest BCUT2D eigenvalue weighted by atomic mass is 16.5. The normalized spacial score (nSPS) is 20.8. The molecule has 0 spiro atoms. The van der Waals surface area contributed by atoms with Gasteiger partial charge >= 0.3 is 0 Å². The van der Waals surface area contributed by atoms with Gasteiger partial charge in [0.15, 0.2) is 0 Å². The first-order valence-corrected chi connectivity index (χ1v) is 10.7. The molecule has 4 heterocycles. The lowest BCUT2D eigenvalue weighted by atomic mass is 10.0. The Labute approximate surface area is 166 Å². The van der Waals surface area contributed by atoms with Crippen LogP contribution in [0.3, 0.4) is 0 Å². The van der Waals surface area contributed by atoms with Crippen LogP contribution in [0.15, 0.2) is 18.6 Å². The molecule has 1 saturated heterocycles. The number of methoxy groups -OCH3 is 1. The third-order valence-electron chi connectivity index (χ3n) is 6.43. The lowest BCUT2D eigenvalue weighted by molar-refractivity contribution is 0.195. The largest absolute Gasteiger partial charge is 0.481 e. The fourth-order valence-corrected chi connectivity index (χ4v) is 4.80.